The molecule has 29 heavy (non-hydrogen) atoms. The van der Waals surface area contributed by atoms with Gasteiger partial charge in [-0.25, -0.2) is 4.98 Å². The number of para-hydroxylation sites is 1. The summed E-state index contributed by atoms with van der Waals surface area (Å²) in [4.78, 5) is 22.9. The maximum absolute atomic E-state index is 12.4. The Morgan fingerprint density at radius 2 is 1.90 bits per heavy atom. The van der Waals surface area contributed by atoms with Crippen LogP contribution < -0.4 is 15.5 Å². The quantitative estimate of drug-likeness (QED) is 0.518. The highest BCUT2D eigenvalue weighted by molar-refractivity contribution is 5.97. The van der Waals surface area contributed by atoms with Crippen molar-refractivity contribution in [2.45, 2.75) is 19.0 Å². The van der Waals surface area contributed by atoms with Crippen LogP contribution in [-0.2, 0) is 11.3 Å². The number of benzene rings is 2. The molecule has 2 heterocycles. The third kappa shape index (κ3) is 4.45. The van der Waals surface area contributed by atoms with Crippen LogP contribution in [0.5, 0.6) is 0 Å². The molecular weight excluding hydrogens is 366 g/mol. The largest absolute Gasteiger partial charge is 0.444 e. The van der Waals surface area contributed by atoms with Crippen LogP contribution in [0.1, 0.15) is 12.1 Å². The van der Waals surface area contributed by atoms with Gasteiger partial charge in [0.05, 0.1) is 18.3 Å². The number of hydrogen-bond donors (Lipinski definition) is 2. The first-order chi connectivity index (χ1) is 14.2. The van der Waals surface area contributed by atoms with Gasteiger partial charge in [-0.05, 0) is 24.3 Å². The minimum absolute atomic E-state index is 0.00825. The van der Waals surface area contributed by atoms with E-state index in [-0.39, 0.29) is 11.9 Å². The van der Waals surface area contributed by atoms with E-state index in [2.05, 4.69) is 20.6 Å². The number of carbonyl (C=O) groups is 1. The van der Waals surface area contributed by atoms with Gasteiger partial charge in [-0.3, -0.25) is 9.79 Å². The van der Waals surface area contributed by atoms with Gasteiger partial charge in [0, 0.05) is 31.3 Å². The molecule has 2 N–H and O–H groups in total. The molecule has 7 nitrogen and oxygen atoms in total. The molecule has 0 bridgehead atoms. The van der Waals surface area contributed by atoms with Gasteiger partial charge in [0.2, 0.25) is 11.8 Å². The van der Waals surface area contributed by atoms with Crippen LogP contribution in [0.3, 0.4) is 0 Å². The summed E-state index contributed by atoms with van der Waals surface area (Å²) in [6, 6.07) is 19.5. The van der Waals surface area contributed by atoms with Crippen molar-refractivity contribution in [3.63, 3.8) is 0 Å². The molecule has 0 saturated carbocycles. The Balaban J connectivity index is 1.33. The van der Waals surface area contributed by atoms with E-state index in [0.29, 0.717) is 31.4 Å². The first kappa shape index (κ1) is 18.7. The predicted octanol–water partition coefficient (Wildman–Crippen LogP) is 2.81. The number of carbonyl (C=O) groups excluding carboxylic acids is 1. The van der Waals surface area contributed by atoms with Crippen molar-refractivity contribution >= 4 is 17.6 Å². The minimum Gasteiger partial charge on any atom is -0.444 e. The third-order valence-electron chi connectivity index (χ3n) is 4.77. The fraction of sp³-hybridized carbons (Fsp3) is 0.227. The Morgan fingerprint density at radius 1 is 1.17 bits per heavy atom. The zero-order chi connectivity index (χ0) is 20.1. The Labute approximate surface area is 169 Å². The lowest BCUT2D eigenvalue weighted by atomic mass is 10.2. The molecule has 0 aliphatic carbocycles. The van der Waals surface area contributed by atoms with E-state index in [1.807, 2.05) is 60.7 Å². The molecular formula is C22H23N5O2. The average Bonchev–Trinajstić information content (AvgIpc) is 3.39. The molecule has 1 saturated heterocycles. The van der Waals surface area contributed by atoms with E-state index >= 15 is 0 Å². The van der Waals surface area contributed by atoms with Crippen molar-refractivity contribution in [2.75, 3.05) is 18.5 Å². The van der Waals surface area contributed by atoms with Crippen LogP contribution in [0.2, 0.25) is 0 Å². The summed E-state index contributed by atoms with van der Waals surface area (Å²) in [7, 11) is 1.71. The van der Waals surface area contributed by atoms with Crippen molar-refractivity contribution in [3.8, 4) is 11.5 Å². The second kappa shape index (κ2) is 8.60. The fourth-order valence-corrected chi connectivity index (χ4v) is 3.33. The monoisotopic (exact) mass is 389 g/mol. The Hall–Kier alpha value is -3.61. The van der Waals surface area contributed by atoms with E-state index in [9.17, 15) is 4.79 Å². The second-order valence-corrected chi connectivity index (χ2v) is 6.82. The summed E-state index contributed by atoms with van der Waals surface area (Å²) in [6.45, 7) is 1.07. The maximum atomic E-state index is 12.4. The van der Waals surface area contributed by atoms with Gasteiger partial charge in [-0.1, -0.05) is 36.4 Å². The Kier molecular flexibility index (Phi) is 5.56. The topological polar surface area (TPSA) is 82.8 Å². The number of anilines is 1. The second-order valence-electron chi connectivity index (χ2n) is 6.82. The molecule has 1 amide bonds. The van der Waals surface area contributed by atoms with Crippen molar-refractivity contribution in [2.24, 2.45) is 4.99 Å². The van der Waals surface area contributed by atoms with Gasteiger partial charge in [0.15, 0.2) is 5.96 Å². The first-order valence-electron chi connectivity index (χ1n) is 9.55. The van der Waals surface area contributed by atoms with E-state index in [4.69, 9.17) is 4.42 Å². The number of oxazole rings is 1. The van der Waals surface area contributed by atoms with Crippen LogP contribution in [0.25, 0.3) is 11.5 Å². The smallest absolute Gasteiger partial charge is 0.229 e. The highest BCUT2D eigenvalue weighted by Crippen LogP contribution is 2.21. The molecule has 0 spiro atoms. The molecule has 1 aliphatic heterocycles. The summed E-state index contributed by atoms with van der Waals surface area (Å²) < 4.78 is 5.56. The van der Waals surface area contributed by atoms with Crippen molar-refractivity contribution in [1.29, 1.82) is 0 Å². The van der Waals surface area contributed by atoms with Crippen LogP contribution in [-0.4, -0.2) is 36.5 Å². The molecule has 7 heteroatoms. The molecule has 148 valence electrons. The van der Waals surface area contributed by atoms with E-state index < -0.39 is 0 Å². The number of aromatic nitrogens is 1. The van der Waals surface area contributed by atoms with Crippen molar-refractivity contribution < 1.29 is 9.21 Å². The normalized spacial score (nSPS) is 16.9. The molecule has 1 aliphatic rings. The number of amides is 1. The predicted molar refractivity (Wildman–Crippen MR) is 112 cm³/mol. The van der Waals surface area contributed by atoms with Gasteiger partial charge in [-0.2, -0.15) is 0 Å². The fourth-order valence-electron chi connectivity index (χ4n) is 3.33. The first-order valence-corrected chi connectivity index (χ1v) is 9.55. The SMILES string of the molecule is CN=C(NCc1coc(-c2ccccc2)n1)NC1CC(=O)N(c2ccccc2)C1. The Morgan fingerprint density at radius 3 is 2.62 bits per heavy atom. The van der Waals surface area contributed by atoms with E-state index in [1.54, 1.807) is 18.2 Å². The number of nitrogens with one attached hydrogen (secondary N) is 2. The lowest BCUT2D eigenvalue weighted by molar-refractivity contribution is -0.117. The average molecular weight is 389 g/mol. The lowest BCUT2D eigenvalue weighted by Crippen LogP contribution is -2.44. The Bertz CT molecular complexity index is 985. The van der Waals surface area contributed by atoms with Crippen LogP contribution in [0, 0.1) is 0 Å². The molecule has 3 aromatic rings. The summed E-state index contributed by atoms with van der Waals surface area (Å²) in [5.74, 6) is 1.32. The number of rotatable bonds is 5. The van der Waals surface area contributed by atoms with Crippen LogP contribution >= 0.6 is 0 Å². The van der Waals surface area contributed by atoms with E-state index in [1.165, 1.54) is 0 Å². The van der Waals surface area contributed by atoms with Crippen molar-refractivity contribution in [3.05, 3.63) is 72.6 Å². The number of aliphatic imine (C=N–C) groups is 1. The van der Waals surface area contributed by atoms with Crippen LogP contribution in [0.15, 0.2) is 76.3 Å². The standard InChI is InChI=1S/C22H23N5O2/c1-23-22(24-13-18-15-29-21(25-18)16-8-4-2-5-9-16)26-17-12-20(28)27(14-17)19-10-6-3-7-11-19/h2-11,15,17H,12-14H2,1H3,(H2,23,24,26). The number of nitrogens with zero attached hydrogens (tertiary/aromatic N) is 3. The molecule has 0 radical (unpaired) electrons. The summed E-state index contributed by atoms with van der Waals surface area (Å²) in [5.41, 5.74) is 2.63. The van der Waals surface area contributed by atoms with Gasteiger partial charge >= 0.3 is 0 Å². The van der Waals surface area contributed by atoms with Crippen LogP contribution in [0.4, 0.5) is 5.69 Å². The molecule has 1 atom stereocenters. The summed E-state index contributed by atoms with van der Waals surface area (Å²) in [5, 5.41) is 6.56. The van der Waals surface area contributed by atoms with Gasteiger partial charge in [0.1, 0.15) is 6.26 Å². The highest BCUT2D eigenvalue weighted by Gasteiger charge is 2.31. The highest BCUT2D eigenvalue weighted by atomic mass is 16.3. The summed E-state index contributed by atoms with van der Waals surface area (Å²) >= 11 is 0. The van der Waals surface area contributed by atoms with Crippen molar-refractivity contribution in [1.82, 2.24) is 15.6 Å². The summed E-state index contributed by atoms with van der Waals surface area (Å²) in [6.07, 6.45) is 2.07. The van der Waals surface area contributed by atoms with E-state index in [0.717, 1.165) is 16.9 Å². The zero-order valence-corrected chi connectivity index (χ0v) is 16.2. The molecule has 1 fully saturated rings. The minimum atomic E-state index is -0.00825. The third-order valence-corrected chi connectivity index (χ3v) is 4.77. The van der Waals surface area contributed by atoms with Gasteiger partial charge in [0.25, 0.3) is 0 Å². The number of guanidine groups is 1. The zero-order valence-electron chi connectivity index (χ0n) is 16.2. The number of hydrogen-bond acceptors (Lipinski definition) is 4. The molecule has 1 unspecified atom stereocenters. The molecule has 4 rings (SSSR count). The molecule has 1 aromatic heterocycles. The molecule has 2 aromatic carbocycles. The van der Waals surface area contributed by atoms with Gasteiger partial charge in [-0.15, -0.1) is 0 Å². The van der Waals surface area contributed by atoms with Gasteiger partial charge < -0.3 is 20.0 Å². The maximum Gasteiger partial charge on any atom is 0.229 e. The lowest BCUT2D eigenvalue weighted by Gasteiger charge is -2.18.